The molecule has 0 bridgehead atoms. The summed E-state index contributed by atoms with van der Waals surface area (Å²) in [6.45, 7) is 2.99. The second-order valence-electron chi connectivity index (χ2n) is 3.87. The lowest BCUT2D eigenvalue weighted by molar-refractivity contribution is 0.192. The normalized spacial score (nSPS) is 10.6. The molecule has 1 aromatic heterocycles. The maximum Gasteiger partial charge on any atom is 0.0462 e. The van der Waals surface area contributed by atoms with Crippen molar-refractivity contribution >= 4 is 0 Å². The first-order valence-corrected chi connectivity index (χ1v) is 6.03. The molecule has 0 unspecified atom stereocenters. The zero-order valence-corrected chi connectivity index (χ0v) is 10.1. The molecule has 0 aliphatic rings. The van der Waals surface area contributed by atoms with Gasteiger partial charge in [-0.25, -0.2) is 0 Å². The van der Waals surface area contributed by atoms with Gasteiger partial charge in [0.05, 0.1) is 0 Å². The zero-order chi connectivity index (χ0) is 11.5. The van der Waals surface area contributed by atoms with Crippen molar-refractivity contribution in [2.45, 2.75) is 25.7 Å². The van der Waals surface area contributed by atoms with Crippen molar-refractivity contribution in [1.82, 2.24) is 10.3 Å². The Labute approximate surface area is 98.2 Å². The van der Waals surface area contributed by atoms with Crippen LogP contribution < -0.4 is 5.32 Å². The highest BCUT2D eigenvalue weighted by Crippen LogP contribution is 1.95. The molecule has 0 saturated carbocycles. The predicted molar refractivity (Wildman–Crippen MR) is 66.5 cm³/mol. The lowest BCUT2D eigenvalue weighted by Crippen LogP contribution is -2.18. The minimum Gasteiger partial charge on any atom is -0.385 e. The van der Waals surface area contributed by atoms with E-state index in [-0.39, 0.29) is 0 Å². The number of nitrogens with zero attached hydrogens (tertiary/aromatic N) is 1. The topological polar surface area (TPSA) is 34.1 Å². The first-order chi connectivity index (χ1) is 7.93. The molecule has 0 spiro atoms. The van der Waals surface area contributed by atoms with E-state index in [9.17, 15) is 0 Å². The summed E-state index contributed by atoms with van der Waals surface area (Å²) >= 11 is 0. The Morgan fingerprint density at radius 2 is 2.12 bits per heavy atom. The summed E-state index contributed by atoms with van der Waals surface area (Å²) < 4.78 is 5.00. The minimum atomic E-state index is 0.883. The summed E-state index contributed by atoms with van der Waals surface area (Å²) in [6.07, 6.45) is 6.49. The molecule has 0 amide bonds. The molecule has 0 aliphatic carbocycles. The molecule has 0 atom stereocenters. The monoisotopic (exact) mass is 222 g/mol. The Hall–Kier alpha value is -0.930. The van der Waals surface area contributed by atoms with Crippen molar-refractivity contribution in [3.8, 4) is 0 Å². The fourth-order valence-corrected chi connectivity index (χ4v) is 1.56. The summed E-state index contributed by atoms with van der Waals surface area (Å²) in [4.78, 5) is 4.28. The van der Waals surface area contributed by atoms with E-state index in [0.717, 1.165) is 31.8 Å². The quantitative estimate of drug-likeness (QED) is 0.649. The molecule has 1 aromatic rings. The van der Waals surface area contributed by atoms with Crippen LogP contribution in [0.2, 0.25) is 0 Å². The molecule has 0 saturated heterocycles. The maximum atomic E-state index is 5.00. The van der Waals surface area contributed by atoms with Crippen molar-refractivity contribution < 1.29 is 4.74 Å². The number of hydrogen-bond donors (Lipinski definition) is 1. The third-order valence-corrected chi connectivity index (χ3v) is 2.49. The molecule has 90 valence electrons. The van der Waals surface area contributed by atoms with Crippen molar-refractivity contribution in [2.24, 2.45) is 0 Å². The molecule has 1 N–H and O–H groups in total. The Kier molecular flexibility index (Phi) is 7.64. The van der Waals surface area contributed by atoms with E-state index in [1.165, 1.54) is 19.3 Å². The minimum absolute atomic E-state index is 0.883. The van der Waals surface area contributed by atoms with Gasteiger partial charge in [-0.15, -0.1) is 0 Å². The maximum absolute atomic E-state index is 5.00. The van der Waals surface area contributed by atoms with E-state index in [1.807, 2.05) is 18.3 Å². The van der Waals surface area contributed by atoms with E-state index in [4.69, 9.17) is 4.74 Å². The largest absolute Gasteiger partial charge is 0.385 e. The third kappa shape index (κ3) is 6.53. The Morgan fingerprint density at radius 1 is 1.19 bits per heavy atom. The molecule has 1 rings (SSSR count). The molecule has 3 nitrogen and oxygen atoms in total. The van der Waals surface area contributed by atoms with Crippen LogP contribution in [0.3, 0.4) is 0 Å². The summed E-state index contributed by atoms with van der Waals surface area (Å²) in [7, 11) is 1.76. The van der Waals surface area contributed by atoms with Crippen molar-refractivity contribution in [3.05, 3.63) is 30.1 Å². The number of unbranched alkanes of at least 4 members (excludes halogenated alkanes) is 2. The number of methoxy groups -OCH3 is 1. The van der Waals surface area contributed by atoms with Crippen molar-refractivity contribution in [1.29, 1.82) is 0 Å². The van der Waals surface area contributed by atoms with Crippen molar-refractivity contribution in [3.63, 3.8) is 0 Å². The number of nitrogens with one attached hydrogen (secondary N) is 1. The van der Waals surface area contributed by atoms with Crippen LogP contribution >= 0.6 is 0 Å². The van der Waals surface area contributed by atoms with E-state index in [2.05, 4.69) is 16.4 Å². The zero-order valence-electron chi connectivity index (χ0n) is 10.1. The van der Waals surface area contributed by atoms with Crippen LogP contribution in [0.25, 0.3) is 0 Å². The van der Waals surface area contributed by atoms with E-state index < -0.39 is 0 Å². The smallest absolute Gasteiger partial charge is 0.0462 e. The fraction of sp³-hybridized carbons (Fsp3) is 0.615. The van der Waals surface area contributed by atoms with E-state index in [0.29, 0.717) is 0 Å². The molecule has 3 heteroatoms. The van der Waals surface area contributed by atoms with Crippen molar-refractivity contribution in [2.75, 3.05) is 26.8 Å². The average molecular weight is 222 g/mol. The molecular formula is C13H22N2O. The Morgan fingerprint density at radius 3 is 2.88 bits per heavy atom. The second-order valence-corrected chi connectivity index (χ2v) is 3.87. The molecule has 0 aliphatic heterocycles. The highest BCUT2D eigenvalue weighted by atomic mass is 16.5. The molecular weight excluding hydrogens is 200 g/mol. The van der Waals surface area contributed by atoms with Gasteiger partial charge in [0.2, 0.25) is 0 Å². The summed E-state index contributed by atoms with van der Waals surface area (Å²) in [5.41, 5.74) is 1.16. The molecule has 16 heavy (non-hydrogen) atoms. The van der Waals surface area contributed by atoms with Gasteiger partial charge in [-0.1, -0.05) is 6.07 Å². The first kappa shape index (κ1) is 13.1. The third-order valence-electron chi connectivity index (χ3n) is 2.49. The second kappa shape index (κ2) is 9.31. The SMILES string of the molecule is COCCCCCNCCc1ccccn1. The van der Waals surface area contributed by atoms with Crippen LogP contribution in [0.15, 0.2) is 24.4 Å². The van der Waals surface area contributed by atoms with Crippen LogP contribution in [0.1, 0.15) is 25.0 Å². The summed E-state index contributed by atoms with van der Waals surface area (Å²) in [5, 5.41) is 3.43. The highest BCUT2D eigenvalue weighted by molar-refractivity contribution is 5.03. The van der Waals surface area contributed by atoms with Gasteiger partial charge >= 0.3 is 0 Å². The number of hydrogen-bond acceptors (Lipinski definition) is 3. The van der Waals surface area contributed by atoms with Gasteiger partial charge in [0.25, 0.3) is 0 Å². The highest BCUT2D eigenvalue weighted by Gasteiger charge is 1.93. The van der Waals surface area contributed by atoms with Gasteiger partial charge in [0.1, 0.15) is 0 Å². The summed E-state index contributed by atoms with van der Waals surface area (Å²) in [5.74, 6) is 0. The number of pyridine rings is 1. The Bertz CT molecular complexity index is 251. The van der Waals surface area contributed by atoms with E-state index >= 15 is 0 Å². The predicted octanol–water partition coefficient (Wildman–Crippen LogP) is 2.03. The fourth-order valence-electron chi connectivity index (χ4n) is 1.56. The lowest BCUT2D eigenvalue weighted by atomic mass is 10.2. The van der Waals surface area contributed by atoms with E-state index in [1.54, 1.807) is 7.11 Å². The van der Waals surface area contributed by atoms with Gasteiger partial charge in [-0.2, -0.15) is 0 Å². The summed E-state index contributed by atoms with van der Waals surface area (Å²) in [6, 6.07) is 6.06. The first-order valence-electron chi connectivity index (χ1n) is 6.03. The average Bonchev–Trinajstić information content (AvgIpc) is 2.34. The standard InChI is InChI=1S/C13H22N2O/c1-16-12-6-2-4-9-14-11-8-13-7-3-5-10-15-13/h3,5,7,10,14H,2,4,6,8-9,11-12H2,1H3. The van der Waals surface area contributed by atoms with Gasteiger partial charge < -0.3 is 10.1 Å². The van der Waals surface area contributed by atoms with Gasteiger partial charge in [-0.3, -0.25) is 4.98 Å². The molecule has 0 aromatic carbocycles. The van der Waals surface area contributed by atoms with Gasteiger partial charge in [0, 0.05) is 38.6 Å². The number of rotatable bonds is 9. The number of ether oxygens (including phenoxy) is 1. The van der Waals surface area contributed by atoms with Gasteiger partial charge in [0.15, 0.2) is 0 Å². The number of aromatic nitrogens is 1. The molecule has 0 radical (unpaired) electrons. The van der Waals surface area contributed by atoms with Crippen LogP contribution in [0.5, 0.6) is 0 Å². The van der Waals surface area contributed by atoms with Crippen LogP contribution in [0.4, 0.5) is 0 Å². The Balaban J connectivity index is 1.89. The van der Waals surface area contributed by atoms with Crippen LogP contribution in [-0.4, -0.2) is 31.8 Å². The molecule has 1 heterocycles. The van der Waals surface area contributed by atoms with Crippen LogP contribution in [0, 0.1) is 0 Å². The molecule has 0 fully saturated rings. The van der Waals surface area contributed by atoms with Gasteiger partial charge in [-0.05, 0) is 37.9 Å². The van der Waals surface area contributed by atoms with Crippen LogP contribution in [-0.2, 0) is 11.2 Å². The lowest BCUT2D eigenvalue weighted by Gasteiger charge is -2.04.